The van der Waals surface area contributed by atoms with Crippen molar-refractivity contribution in [3.8, 4) is 34.3 Å². The smallest absolute Gasteiger partial charge is 0.250 e. The van der Waals surface area contributed by atoms with E-state index in [-0.39, 0.29) is 23.2 Å². The van der Waals surface area contributed by atoms with Crippen LogP contribution in [0.5, 0.6) is 17.2 Å². The van der Waals surface area contributed by atoms with Gasteiger partial charge in [0.25, 0.3) is 5.91 Å². The van der Waals surface area contributed by atoms with Gasteiger partial charge in [0.1, 0.15) is 5.75 Å². The van der Waals surface area contributed by atoms with Gasteiger partial charge < -0.3 is 14.9 Å². The number of hydrogen-bond acceptors (Lipinski definition) is 8. The number of rotatable bonds is 8. The predicted octanol–water partition coefficient (Wildman–Crippen LogP) is 3.90. The number of nitrogens with zero attached hydrogens (tertiary/aromatic N) is 4. The number of hydrazone groups is 1. The number of aryl methyl sites for hydroxylation is 1. The fourth-order valence-corrected chi connectivity index (χ4v) is 3.92. The number of thioether (sulfide) groups is 1. The number of carbonyl (C=O) groups is 1. The van der Waals surface area contributed by atoms with Crippen LogP contribution in [0, 0.1) is 6.92 Å². The maximum absolute atomic E-state index is 12.4. The van der Waals surface area contributed by atoms with Crippen molar-refractivity contribution in [1.29, 1.82) is 0 Å². The standard InChI is InChI=1S/C25H23N5O4S/c1-16-3-6-18(7-4-16)24-28-29-25(30(24)19-8-10-20(34-2)11-9-19)35-15-23(33)27-26-14-17-5-12-21(31)22(32)13-17/h3-14,31-32H,15H2,1-2H3,(H,27,33)/b26-14-. The molecule has 4 rings (SSSR count). The summed E-state index contributed by atoms with van der Waals surface area (Å²) in [7, 11) is 1.61. The van der Waals surface area contributed by atoms with E-state index in [0.29, 0.717) is 16.5 Å². The monoisotopic (exact) mass is 489 g/mol. The van der Waals surface area contributed by atoms with E-state index in [1.54, 1.807) is 13.2 Å². The maximum Gasteiger partial charge on any atom is 0.250 e. The molecule has 10 heteroatoms. The average molecular weight is 490 g/mol. The topological polar surface area (TPSA) is 122 Å². The Bertz CT molecular complexity index is 1350. The number of phenolic OH excluding ortho intramolecular Hbond substituents is 2. The summed E-state index contributed by atoms with van der Waals surface area (Å²) < 4.78 is 7.16. The molecule has 4 aromatic rings. The van der Waals surface area contributed by atoms with Crippen molar-refractivity contribution in [1.82, 2.24) is 20.2 Å². The summed E-state index contributed by atoms with van der Waals surface area (Å²) in [6, 6.07) is 19.7. The molecule has 0 saturated carbocycles. The second-order valence-corrected chi connectivity index (χ2v) is 8.48. The van der Waals surface area contributed by atoms with Crippen LogP contribution in [-0.4, -0.2) is 50.0 Å². The molecule has 0 aliphatic heterocycles. The van der Waals surface area contributed by atoms with Crippen molar-refractivity contribution in [3.63, 3.8) is 0 Å². The molecule has 0 bridgehead atoms. The van der Waals surface area contributed by atoms with E-state index in [9.17, 15) is 15.0 Å². The number of hydrogen-bond donors (Lipinski definition) is 3. The number of phenols is 2. The zero-order valence-electron chi connectivity index (χ0n) is 19.0. The van der Waals surface area contributed by atoms with Crippen LogP contribution < -0.4 is 10.2 Å². The lowest BCUT2D eigenvalue weighted by Gasteiger charge is -2.11. The lowest BCUT2D eigenvalue weighted by atomic mass is 10.1. The summed E-state index contributed by atoms with van der Waals surface area (Å²) in [6.07, 6.45) is 1.37. The first-order valence-corrected chi connectivity index (χ1v) is 11.6. The van der Waals surface area contributed by atoms with Crippen LogP contribution in [0.15, 0.2) is 77.0 Å². The van der Waals surface area contributed by atoms with Crippen molar-refractivity contribution in [2.45, 2.75) is 12.1 Å². The van der Waals surface area contributed by atoms with Crippen LogP contribution in [0.1, 0.15) is 11.1 Å². The van der Waals surface area contributed by atoms with Gasteiger partial charge in [-0.05, 0) is 55.0 Å². The van der Waals surface area contributed by atoms with E-state index in [2.05, 4.69) is 20.7 Å². The molecule has 178 valence electrons. The van der Waals surface area contributed by atoms with E-state index in [4.69, 9.17) is 4.74 Å². The number of ether oxygens (including phenoxy) is 1. The van der Waals surface area contributed by atoms with Crippen molar-refractivity contribution < 1.29 is 19.7 Å². The highest BCUT2D eigenvalue weighted by Gasteiger charge is 2.17. The molecule has 9 nitrogen and oxygen atoms in total. The van der Waals surface area contributed by atoms with Gasteiger partial charge >= 0.3 is 0 Å². The minimum Gasteiger partial charge on any atom is -0.504 e. The van der Waals surface area contributed by atoms with Gasteiger partial charge in [-0.2, -0.15) is 5.10 Å². The maximum atomic E-state index is 12.4. The van der Waals surface area contributed by atoms with Crippen LogP contribution in [0.25, 0.3) is 17.1 Å². The molecular weight excluding hydrogens is 466 g/mol. The molecule has 0 aliphatic rings. The number of carbonyl (C=O) groups excluding carboxylic acids is 1. The van der Waals surface area contributed by atoms with Gasteiger partial charge in [0.15, 0.2) is 22.5 Å². The van der Waals surface area contributed by atoms with Gasteiger partial charge in [-0.25, -0.2) is 5.43 Å². The highest BCUT2D eigenvalue weighted by Crippen LogP contribution is 2.29. The van der Waals surface area contributed by atoms with E-state index in [1.165, 1.54) is 30.1 Å². The highest BCUT2D eigenvalue weighted by atomic mass is 32.2. The summed E-state index contributed by atoms with van der Waals surface area (Å²) >= 11 is 1.23. The van der Waals surface area contributed by atoms with Crippen LogP contribution in [-0.2, 0) is 4.79 Å². The molecule has 35 heavy (non-hydrogen) atoms. The van der Waals surface area contributed by atoms with Crippen molar-refractivity contribution in [2.75, 3.05) is 12.9 Å². The third kappa shape index (κ3) is 5.79. The fourth-order valence-electron chi connectivity index (χ4n) is 3.18. The third-order valence-electron chi connectivity index (χ3n) is 5.01. The Labute approximate surface area is 206 Å². The summed E-state index contributed by atoms with van der Waals surface area (Å²) in [4.78, 5) is 12.4. The Kier molecular flexibility index (Phi) is 7.32. The van der Waals surface area contributed by atoms with Crippen LogP contribution >= 0.6 is 11.8 Å². The summed E-state index contributed by atoms with van der Waals surface area (Å²) in [5, 5.41) is 32.1. The van der Waals surface area contributed by atoms with Gasteiger partial charge in [0.2, 0.25) is 0 Å². The van der Waals surface area contributed by atoms with Crippen molar-refractivity contribution in [2.24, 2.45) is 5.10 Å². The molecule has 0 unspecified atom stereocenters. The van der Waals surface area contributed by atoms with Gasteiger partial charge in [-0.15, -0.1) is 10.2 Å². The first kappa shape index (κ1) is 23.8. The Morgan fingerprint density at radius 2 is 1.80 bits per heavy atom. The zero-order valence-corrected chi connectivity index (χ0v) is 19.9. The third-order valence-corrected chi connectivity index (χ3v) is 5.94. The largest absolute Gasteiger partial charge is 0.504 e. The number of benzene rings is 3. The van der Waals surface area contributed by atoms with E-state index in [0.717, 1.165) is 22.6 Å². The van der Waals surface area contributed by atoms with Crippen LogP contribution in [0.4, 0.5) is 0 Å². The molecule has 3 N–H and O–H groups in total. The highest BCUT2D eigenvalue weighted by molar-refractivity contribution is 7.99. The van der Waals surface area contributed by atoms with E-state index < -0.39 is 0 Å². The number of aromatic hydroxyl groups is 2. The fraction of sp³-hybridized carbons (Fsp3) is 0.120. The normalized spacial score (nSPS) is 11.0. The number of nitrogens with one attached hydrogen (secondary N) is 1. The SMILES string of the molecule is COc1ccc(-n2c(SCC(=O)N/N=C\c3ccc(O)c(O)c3)nnc2-c2ccc(C)cc2)cc1. The second kappa shape index (κ2) is 10.7. The van der Waals surface area contributed by atoms with Crippen LogP contribution in [0.3, 0.4) is 0 Å². The lowest BCUT2D eigenvalue weighted by molar-refractivity contribution is -0.118. The number of amides is 1. The molecule has 0 radical (unpaired) electrons. The van der Waals surface area contributed by atoms with Gasteiger partial charge in [-0.1, -0.05) is 41.6 Å². The van der Waals surface area contributed by atoms with Gasteiger partial charge in [-0.3, -0.25) is 9.36 Å². The van der Waals surface area contributed by atoms with E-state index >= 15 is 0 Å². The summed E-state index contributed by atoms with van der Waals surface area (Å²) in [5.41, 5.74) is 5.84. The number of methoxy groups -OCH3 is 1. The second-order valence-electron chi connectivity index (χ2n) is 7.54. The molecular formula is C25H23N5O4S. The van der Waals surface area contributed by atoms with Gasteiger partial charge in [0.05, 0.1) is 19.1 Å². The van der Waals surface area contributed by atoms with Crippen LogP contribution in [0.2, 0.25) is 0 Å². The number of aromatic nitrogens is 3. The summed E-state index contributed by atoms with van der Waals surface area (Å²) in [5.74, 6) is 0.609. The molecule has 1 aromatic heterocycles. The summed E-state index contributed by atoms with van der Waals surface area (Å²) in [6.45, 7) is 2.02. The minimum atomic E-state index is -0.338. The van der Waals surface area contributed by atoms with E-state index in [1.807, 2.05) is 60.0 Å². The average Bonchev–Trinajstić information content (AvgIpc) is 3.29. The first-order valence-electron chi connectivity index (χ1n) is 10.6. The molecule has 0 saturated heterocycles. The Morgan fingerprint density at radius 1 is 1.06 bits per heavy atom. The Hall–Kier alpha value is -4.31. The molecule has 0 aliphatic carbocycles. The van der Waals surface area contributed by atoms with Crippen molar-refractivity contribution >= 4 is 23.9 Å². The first-order chi connectivity index (χ1) is 16.9. The molecule has 0 fully saturated rings. The lowest BCUT2D eigenvalue weighted by Crippen LogP contribution is -2.20. The Morgan fingerprint density at radius 3 is 2.49 bits per heavy atom. The quantitative estimate of drug-likeness (QED) is 0.148. The molecule has 3 aromatic carbocycles. The van der Waals surface area contributed by atoms with Gasteiger partial charge in [0, 0.05) is 11.3 Å². The van der Waals surface area contributed by atoms with Crippen molar-refractivity contribution in [3.05, 3.63) is 77.9 Å². The zero-order chi connectivity index (χ0) is 24.8. The Balaban J connectivity index is 1.51. The molecule has 1 heterocycles. The molecule has 1 amide bonds. The molecule has 0 spiro atoms. The predicted molar refractivity (Wildman–Crippen MR) is 134 cm³/mol. The minimum absolute atomic E-state index is 0.0559. The molecule has 0 atom stereocenters.